The van der Waals surface area contributed by atoms with Gasteiger partial charge in [0, 0.05) is 6.04 Å². The topological polar surface area (TPSA) is 64.6 Å². The van der Waals surface area contributed by atoms with Crippen LogP contribution in [0.3, 0.4) is 0 Å². The lowest BCUT2D eigenvalue weighted by Crippen LogP contribution is -2.39. The molecule has 0 radical (unpaired) electrons. The van der Waals surface area contributed by atoms with E-state index in [0.717, 1.165) is 16.9 Å². The third-order valence-corrected chi connectivity index (χ3v) is 4.20. The number of hydrogen-bond acceptors (Lipinski definition) is 4. The van der Waals surface area contributed by atoms with Gasteiger partial charge in [-0.25, -0.2) is 0 Å². The van der Waals surface area contributed by atoms with Crippen molar-refractivity contribution < 1.29 is 19.1 Å². The van der Waals surface area contributed by atoms with Gasteiger partial charge in [0.1, 0.15) is 5.75 Å². The van der Waals surface area contributed by atoms with Gasteiger partial charge in [-0.2, -0.15) is 0 Å². The Balaban J connectivity index is 1.93. The zero-order valence-electron chi connectivity index (χ0n) is 16.8. The number of hydrogen-bond donors (Lipinski definition) is 1. The van der Waals surface area contributed by atoms with Crippen LogP contribution in [0.25, 0.3) is 0 Å². The van der Waals surface area contributed by atoms with E-state index in [-0.39, 0.29) is 30.8 Å². The number of rotatable bonds is 10. The first-order valence-corrected chi connectivity index (χ1v) is 9.58. The first-order chi connectivity index (χ1) is 13.5. The highest BCUT2D eigenvalue weighted by Crippen LogP contribution is 2.14. The summed E-state index contributed by atoms with van der Waals surface area (Å²) < 4.78 is 10.4. The van der Waals surface area contributed by atoms with Crippen molar-refractivity contribution in [1.82, 2.24) is 5.32 Å². The SMILES string of the molecule is COC(=O)C[C@H](Cc1ccccc1)NC(=O)Cc1ccc(OCC(C)C)cc1. The fourth-order valence-corrected chi connectivity index (χ4v) is 2.79. The predicted molar refractivity (Wildman–Crippen MR) is 109 cm³/mol. The fraction of sp³-hybridized carbons (Fsp3) is 0.391. The van der Waals surface area contributed by atoms with E-state index in [1.54, 1.807) is 0 Å². The first kappa shape index (κ1) is 21.5. The molecule has 150 valence electrons. The largest absolute Gasteiger partial charge is 0.493 e. The minimum Gasteiger partial charge on any atom is -0.493 e. The Morgan fingerprint density at radius 3 is 2.25 bits per heavy atom. The molecule has 28 heavy (non-hydrogen) atoms. The molecule has 2 rings (SSSR count). The number of esters is 1. The number of methoxy groups -OCH3 is 1. The summed E-state index contributed by atoms with van der Waals surface area (Å²) in [5.41, 5.74) is 1.95. The number of carbonyl (C=O) groups is 2. The lowest BCUT2D eigenvalue weighted by molar-refractivity contribution is -0.141. The van der Waals surface area contributed by atoms with E-state index in [2.05, 4.69) is 19.2 Å². The van der Waals surface area contributed by atoms with E-state index in [0.29, 0.717) is 18.9 Å². The lowest BCUT2D eigenvalue weighted by Gasteiger charge is -2.18. The van der Waals surface area contributed by atoms with Gasteiger partial charge in [0.15, 0.2) is 0 Å². The molecule has 1 atom stereocenters. The molecule has 0 aliphatic carbocycles. The second-order valence-electron chi connectivity index (χ2n) is 7.26. The van der Waals surface area contributed by atoms with Crippen molar-refractivity contribution in [2.24, 2.45) is 5.92 Å². The van der Waals surface area contributed by atoms with Crippen molar-refractivity contribution in [3.05, 3.63) is 65.7 Å². The molecule has 2 aromatic carbocycles. The molecule has 0 spiro atoms. The van der Waals surface area contributed by atoms with Crippen molar-refractivity contribution >= 4 is 11.9 Å². The van der Waals surface area contributed by atoms with Gasteiger partial charge in [0.05, 0.1) is 26.6 Å². The van der Waals surface area contributed by atoms with E-state index < -0.39 is 0 Å². The second-order valence-corrected chi connectivity index (χ2v) is 7.26. The highest BCUT2D eigenvalue weighted by atomic mass is 16.5. The summed E-state index contributed by atoms with van der Waals surface area (Å²) in [5.74, 6) is 0.792. The minimum absolute atomic E-state index is 0.124. The van der Waals surface area contributed by atoms with Crippen LogP contribution >= 0.6 is 0 Å². The highest BCUT2D eigenvalue weighted by molar-refractivity contribution is 5.80. The lowest BCUT2D eigenvalue weighted by atomic mass is 10.0. The molecule has 0 unspecified atom stereocenters. The van der Waals surface area contributed by atoms with Crippen molar-refractivity contribution in [2.45, 2.75) is 39.2 Å². The highest BCUT2D eigenvalue weighted by Gasteiger charge is 2.18. The first-order valence-electron chi connectivity index (χ1n) is 9.58. The molecular weight excluding hydrogens is 354 g/mol. The molecule has 2 aromatic rings. The van der Waals surface area contributed by atoms with Crippen LogP contribution < -0.4 is 10.1 Å². The summed E-state index contributed by atoms with van der Waals surface area (Å²) in [5, 5.41) is 2.96. The molecule has 0 aromatic heterocycles. The molecule has 0 fully saturated rings. The van der Waals surface area contributed by atoms with Gasteiger partial charge in [-0.05, 0) is 35.6 Å². The van der Waals surface area contributed by atoms with Crippen LogP contribution in [-0.2, 0) is 27.2 Å². The van der Waals surface area contributed by atoms with E-state index in [1.807, 2.05) is 54.6 Å². The summed E-state index contributed by atoms with van der Waals surface area (Å²) in [6.07, 6.45) is 0.958. The van der Waals surface area contributed by atoms with E-state index >= 15 is 0 Å². The van der Waals surface area contributed by atoms with E-state index in [1.165, 1.54) is 7.11 Å². The minimum atomic E-state index is -0.340. The van der Waals surface area contributed by atoms with Crippen molar-refractivity contribution in [3.8, 4) is 5.75 Å². The van der Waals surface area contributed by atoms with Crippen LogP contribution in [0.2, 0.25) is 0 Å². The van der Waals surface area contributed by atoms with Gasteiger partial charge < -0.3 is 14.8 Å². The Bertz CT molecular complexity index is 741. The normalized spacial score (nSPS) is 11.7. The van der Waals surface area contributed by atoms with Gasteiger partial charge in [0.25, 0.3) is 0 Å². The van der Waals surface area contributed by atoms with Crippen LogP contribution in [0.1, 0.15) is 31.4 Å². The smallest absolute Gasteiger partial charge is 0.307 e. The summed E-state index contributed by atoms with van der Waals surface area (Å²) in [6, 6.07) is 17.0. The maximum absolute atomic E-state index is 12.5. The van der Waals surface area contributed by atoms with E-state index in [9.17, 15) is 9.59 Å². The molecule has 0 heterocycles. The van der Waals surface area contributed by atoms with Gasteiger partial charge in [0.2, 0.25) is 5.91 Å². The molecule has 1 N–H and O–H groups in total. The number of benzene rings is 2. The van der Waals surface area contributed by atoms with Crippen molar-refractivity contribution in [1.29, 1.82) is 0 Å². The Hall–Kier alpha value is -2.82. The average Bonchev–Trinajstić information content (AvgIpc) is 2.68. The van der Waals surface area contributed by atoms with Crippen LogP contribution in [-0.4, -0.2) is 31.6 Å². The number of ether oxygens (including phenoxy) is 2. The summed E-state index contributed by atoms with van der Waals surface area (Å²) in [7, 11) is 1.35. The molecule has 5 heteroatoms. The molecule has 0 aliphatic heterocycles. The second kappa shape index (κ2) is 11.1. The van der Waals surface area contributed by atoms with E-state index in [4.69, 9.17) is 9.47 Å². The molecule has 5 nitrogen and oxygen atoms in total. The summed E-state index contributed by atoms with van der Waals surface area (Å²) in [6.45, 7) is 4.85. The quantitative estimate of drug-likeness (QED) is 0.637. The Morgan fingerprint density at radius 1 is 0.964 bits per heavy atom. The van der Waals surface area contributed by atoms with Crippen molar-refractivity contribution in [2.75, 3.05) is 13.7 Å². The van der Waals surface area contributed by atoms with Crippen molar-refractivity contribution in [3.63, 3.8) is 0 Å². The number of nitrogens with one attached hydrogen (secondary N) is 1. The summed E-state index contributed by atoms with van der Waals surface area (Å²) >= 11 is 0. The van der Waals surface area contributed by atoms with Gasteiger partial charge in [-0.1, -0.05) is 56.3 Å². The molecule has 0 bridgehead atoms. The zero-order valence-corrected chi connectivity index (χ0v) is 16.8. The maximum Gasteiger partial charge on any atom is 0.307 e. The zero-order chi connectivity index (χ0) is 20.4. The molecule has 1 amide bonds. The number of amides is 1. The third kappa shape index (κ3) is 7.82. The standard InChI is InChI=1S/C23H29NO4/c1-17(2)16-28-21-11-9-19(10-12-21)14-22(25)24-20(15-23(26)27-3)13-18-7-5-4-6-8-18/h4-12,17,20H,13-16H2,1-3H3,(H,24,25)/t20-/m0/s1. The Kier molecular flexibility index (Phi) is 8.53. The third-order valence-electron chi connectivity index (χ3n) is 4.20. The molecule has 0 aliphatic rings. The predicted octanol–water partition coefficient (Wildman–Crippen LogP) is 3.55. The molecule has 0 saturated heterocycles. The fourth-order valence-electron chi connectivity index (χ4n) is 2.79. The maximum atomic E-state index is 12.5. The molecule has 0 saturated carbocycles. The van der Waals surface area contributed by atoms with Crippen LogP contribution in [0, 0.1) is 5.92 Å². The monoisotopic (exact) mass is 383 g/mol. The average molecular weight is 383 g/mol. The van der Waals surface area contributed by atoms with Gasteiger partial charge in [-0.3, -0.25) is 9.59 Å². The number of carbonyl (C=O) groups excluding carboxylic acids is 2. The molecular formula is C23H29NO4. The van der Waals surface area contributed by atoms with Gasteiger partial charge in [-0.15, -0.1) is 0 Å². The van der Waals surface area contributed by atoms with Crippen LogP contribution in [0.5, 0.6) is 5.75 Å². The van der Waals surface area contributed by atoms with Gasteiger partial charge >= 0.3 is 5.97 Å². The Morgan fingerprint density at radius 2 is 1.64 bits per heavy atom. The van der Waals surface area contributed by atoms with Crippen LogP contribution in [0.4, 0.5) is 0 Å². The Labute approximate surface area is 167 Å². The summed E-state index contributed by atoms with van der Waals surface area (Å²) in [4.78, 5) is 24.2. The van der Waals surface area contributed by atoms with Crippen LogP contribution in [0.15, 0.2) is 54.6 Å².